The van der Waals surface area contributed by atoms with Crippen molar-refractivity contribution in [3.05, 3.63) is 57.9 Å². The molecular weight excluding hydrogens is 296 g/mol. The van der Waals surface area contributed by atoms with Crippen LogP contribution in [-0.4, -0.2) is 17.3 Å². The molecule has 0 aliphatic heterocycles. The van der Waals surface area contributed by atoms with E-state index in [4.69, 9.17) is 9.15 Å². The largest absolute Gasteiger partial charge is 0.507 e. The summed E-state index contributed by atoms with van der Waals surface area (Å²) in [6.45, 7) is 1.29. The quantitative estimate of drug-likeness (QED) is 0.777. The van der Waals surface area contributed by atoms with Gasteiger partial charge >= 0.3 is 0 Å². The van der Waals surface area contributed by atoms with Crippen molar-refractivity contribution in [3.63, 3.8) is 0 Å². The number of rotatable bonds is 3. The Hall–Kier alpha value is -2.79. The van der Waals surface area contributed by atoms with E-state index < -0.39 is 0 Å². The summed E-state index contributed by atoms with van der Waals surface area (Å²) in [6.07, 6.45) is 1.39. The molecule has 0 bridgehead atoms. The maximum absolute atomic E-state index is 12.8. The summed E-state index contributed by atoms with van der Waals surface area (Å²) in [5.41, 5.74) is 1.96. The SMILES string of the molecule is COc1ccc(-c2coc3c(C)c(O)c(CO)cc3c2=O)cc1. The van der Waals surface area contributed by atoms with Crippen LogP contribution in [0.3, 0.4) is 0 Å². The number of fused-ring (bicyclic) bond motifs is 1. The van der Waals surface area contributed by atoms with Crippen LogP contribution in [0.5, 0.6) is 11.5 Å². The molecule has 0 saturated carbocycles. The average molecular weight is 312 g/mol. The zero-order valence-corrected chi connectivity index (χ0v) is 12.8. The maximum atomic E-state index is 12.8. The number of methoxy groups -OCH3 is 1. The van der Waals surface area contributed by atoms with Gasteiger partial charge in [-0.2, -0.15) is 0 Å². The lowest BCUT2D eigenvalue weighted by Crippen LogP contribution is -2.06. The van der Waals surface area contributed by atoms with Crippen molar-refractivity contribution >= 4 is 11.0 Å². The summed E-state index contributed by atoms with van der Waals surface area (Å²) >= 11 is 0. The van der Waals surface area contributed by atoms with Crippen LogP contribution in [-0.2, 0) is 6.61 Å². The van der Waals surface area contributed by atoms with Crippen molar-refractivity contribution in [2.24, 2.45) is 0 Å². The van der Waals surface area contributed by atoms with E-state index >= 15 is 0 Å². The normalized spacial score (nSPS) is 10.9. The molecule has 0 amide bonds. The predicted octanol–water partition coefficient (Wildman–Crippen LogP) is 2.97. The Balaban J connectivity index is 2.26. The lowest BCUT2D eigenvalue weighted by Gasteiger charge is -2.09. The second-order valence-electron chi connectivity index (χ2n) is 5.25. The Morgan fingerprint density at radius 2 is 1.91 bits per heavy atom. The third kappa shape index (κ3) is 2.45. The Bertz CT molecular complexity index is 923. The zero-order chi connectivity index (χ0) is 16.6. The van der Waals surface area contributed by atoms with E-state index in [-0.39, 0.29) is 17.8 Å². The molecule has 5 heteroatoms. The first kappa shape index (κ1) is 15.1. The van der Waals surface area contributed by atoms with Gasteiger partial charge in [0.2, 0.25) is 5.43 Å². The molecule has 0 aliphatic rings. The minimum absolute atomic E-state index is 0.0552. The number of aromatic hydroxyl groups is 1. The third-order valence-corrected chi connectivity index (χ3v) is 3.92. The van der Waals surface area contributed by atoms with Crippen LogP contribution in [0.15, 0.2) is 45.8 Å². The molecule has 1 aromatic heterocycles. The van der Waals surface area contributed by atoms with E-state index in [2.05, 4.69) is 0 Å². The smallest absolute Gasteiger partial charge is 0.200 e. The van der Waals surface area contributed by atoms with Crippen molar-refractivity contribution in [2.45, 2.75) is 13.5 Å². The average Bonchev–Trinajstić information content (AvgIpc) is 2.59. The number of ether oxygens (including phenoxy) is 1. The van der Waals surface area contributed by atoms with Gasteiger partial charge in [0.05, 0.1) is 24.7 Å². The molecule has 3 aromatic rings. The predicted molar refractivity (Wildman–Crippen MR) is 86.8 cm³/mol. The number of phenols is 1. The van der Waals surface area contributed by atoms with Crippen LogP contribution in [0.1, 0.15) is 11.1 Å². The number of aliphatic hydroxyl groups excluding tert-OH is 1. The highest BCUT2D eigenvalue weighted by atomic mass is 16.5. The fourth-order valence-corrected chi connectivity index (χ4v) is 2.59. The lowest BCUT2D eigenvalue weighted by molar-refractivity contribution is 0.275. The van der Waals surface area contributed by atoms with Crippen molar-refractivity contribution in [2.75, 3.05) is 7.11 Å². The molecule has 0 fully saturated rings. The van der Waals surface area contributed by atoms with Crippen molar-refractivity contribution in [1.82, 2.24) is 0 Å². The van der Waals surface area contributed by atoms with E-state index in [9.17, 15) is 15.0 Å². The van der Waals surface area contributed by atoms with Gasteiger partial charge in [-0.05, 0) is 30.7 Å². The minimum Gasteiger partial charge on any atom is -0.507 e. The van der Waals surface area contributed by atoms with E-state index in [1.54, 1.807) is 38.3 Å². The summed E-state index contributed by atoms with van der Waals surface area (Å²) in [5.74, 6) is 0.641. The van der Waals surface area contributed by atoms with Crippen LogP contribution in [0.4, 0.5) is 0 Å². The summed E-state index contributed by atoms with van der Waals surface area (Å²) in [6, 6.07) is 8.55. The molecule has 23 heavy (non-hydrogen) atoms. The van der Waals surface area contributed by atoms with Gasteiger partial charge < -0.3 is 19.4 Å². The van der Waals surface area contributed by atoms with E-state index in [0.29, 0.717) is 39.0 Å². The highest BCUT2D eigenvalue weighted by Crippen LogP contribution is 2.31. The van der Waals surface area contributed by atoms with E-state index in [0.717, 1.165) is 0 Å². The molecule has 0 spiro atoms. The summed E-state index contributed by atoms with van der Waals surface area (Å²) in [7, 11) is 1.57. The number of hydrogen-bond donors (Lipinski definition) is 2. The molecule has 2 aromatic carbocycles. The standard InChI is InChI=1S/C18H16O5/c1-10-16(20)12(8-19)7-14-17(21)15(9-23-18(10)14)11-3-5-13(22-2)6-4-11/h3-7,9,19-20H,8H2,1-2H3. The molecule has 0 aliphatic carbocycles. The number of benzene rings is 2. The van der Waals surface area contributed by atoms with Gasteiger partial charge in [-0.1, -0.05) is 12.1 Å². The van der Waals surface area contributed by atoms with Gasteiger partial charge in [-0.25, -0.2) is 0 Å². The topological polar surface area (TPSA) is 79.9 Å². The monoisotopic (exact) mass is 312 g/mol. The molecule has 5 nitrogen and oxygen atoms in total. The molecule has 0 radical (unpaired) electrons. The van der Waals surface area contributed by atoms with Crippen LogP contribution in [0.25, 0.3) is 22.1 Å². The second kappa shape index (κ2) is 5.78. The fraction of sp³-hybridized carbons (Fsp3) is 0.167. The second-order valence-corrected chi connectivity index (χ2v) is 5.25. The molecule has 0 atom stereocenters. The molecule has 118 valence electrons. The number of aliphatic hydroxyl groups is 1. The van der Waals surface area contributed by atoms with Crippen molar-refractivity contribution in [1.29, 1.82) is 0 Å². The Kier molecular flexibility index (Phi) is 3.80. The number of aryl methyl sites for hydroxylation is 1. The molecular formula is C18H16O5. The van der Waals surface area contributed by atoms with Gasteiger partial charge in [0.1, 0.15) is 23.3 Å². The first-order valence-corrected chi connectivity index (χ1v) is 7.09. The van der Waals surface area contributed by atoms with E-state index in [1.807, 2.05) is 0 Å². The third-order valence-electron chi connectivity index (χ3n) is 3.92. The molecule has 0 saturated heterocycles. The molecule has 3 rings (SSSR count). The summed E-state index contributed by atoms with van der Waals surface area (Å²) in [5, 5.41) is 19.7. The first-order chi connectivity index (χ1) is 11.1. The number of hydrogen-bond acceptors (Lipinski definition) is 5. The zero-order valence-electron chi connectivity index (χ0n) is 12.8. The van der Waals surface area contributed by atoms with Gasteiger partial charge in [-0.3, -0.25) is 4.79 Å². The van der Waals surface area contributed by atoms with Crippen LogP contribution >= 0.6 is 0 Å². The van der Waals surface area contributed by atoms with E-state index in [1.165, 1.54) is 12.3 Å². The van der Waals surface area contributed by atoms with Gasteiger partial charge in [0.15, 0.2) is 0 Å². The Labute approximate surface area is 132 Å². The van der Waals surface area contributed by atoms with Crippen LogP contribution in [0, 0.1) is 6.92 Å². The minimum atomic E-state index is -0.352. The van der Waals surface area contributed by atoms with Crippen molar-refractivity contribution < 1.29 is 19.4 Å². The summed E-state index contributed by atoms with van der Waals surface area (Å²) < 4.78 is 10.7. The van der Waals surface area contributed by atoms with Crippen LogP contribution in [0.2, 0.25) is 0 Å². The maximum Gasteiger partial charge on any atom is 0.200 e. The fourth-order valence-electron chi connectivity index (χ4n) is 2.59. The first-order valence-electron chi connectivity index (χ1n) is 7.09. The molecule has 1 heterocycles. The highest BCUT2D eigenvalue weighted by molar-refractivity contribution is 5.86. The van der Waals surface area contributed by atoms with Gasteiger partial charge in [0.25, 0.3) is 0 Å². The molecule has 2 N–H and O–H groups in total. The van der Waals surface area contributed by atoms with Gasteiger partial charge in [-0.15, -0.1) is 0 Å². The Morgan fingerprint density at radius 1 is 1.22 bits per heavy atom. The Morgan fingerprint density at radius 3 is 2.52 bits per heavy atom. The van der Waals surface area contributed by atoms with Gasteiger partial charge in [0, 0.05) is 11.1 Å². The van der Waals surface area contributed by atoms with Crippen molar-refractivity contribution in [3.8, 4) is 22.6 Å². The highest BCUT2D eigenvalue weighted by Gasteiger charge is 2.16. The molecule has 0 unspecified atom stereocenters. The lowest BCUT2D eigenvalue weighted by atomic mass is 10.0. The van der Waals surface area contributed by atoms with Crippen LogP contribution < -0.4 is 10.2 Å². The summed E-state index contributed by atoms with van der Waals surface area (Å²) in [4.78, 5) is 12.8.